The number of aromatic nitrogens is 1. The highest BCUT2D eigenvalue weighted by Gasteiger charge is 2.22. The molecule has 0 aliphatic rings. The third-order valence-electron chi connectivity index (χ3n) is 2.58. The fourth-order valence-corrected chi connectivity index (χ4v) is 4.45. The van der Waals surface area contributed by atoms with Crippen LogP contribution in [0.15, 0.2) is 22.4 Å². The topological polar surface area (TPSA) is 82.9 Å². The average Bonchev–Trinajstić information content (AvgIpc) is 2.72. The van der Waals surface area contributed by atoms with Crippen LogP contribution in [-0.4, -0.2) is 13.4 Å². The molecule has 104 valence electrons. The Hall–Kier alpha value is -1.62. The maximum absolute atomic E-state index is 12.3. The second-order valence-electron chi connectivity index (χ2n) is 4.09. The van der Waals surface area contributed by atoms with Crippen LogP contribution in [0.2, 0.25) is 4.47 Å². The van der Waals surface area contributed by atoms with Gasteiger partial charge in [-0.1, -0.05) is 29.0 Å². The van der Waals surface area contributed by atoms with Gasteiger partial charge in [-0.3, -0.25) is 4.72 Å². The number of nitrogens with zero attached hydrogens (tertiary/aromatic N) is 2. The van der Waals surface area contributed by atoms with Gasteiger partial charge in [0.15, 0.2) is 8.68 Å². The number of sulfonamides is 1. The number of nitriles is 1. The van der Waals surface area contributed by atoms with Crippen molar-refractivity contribution in [1.29, 1.82) is 5.26 Å². The van der Waals surface area contributed by atoms with Crippen molar-refractivity contribution in [1.82, 2.24) is 4.98 Å². The minimum absolute atomic E-state index is 0.0734. The highest BCUT2D eigenvalue weighted by Crippen LogP contribution is 2.29. The van der Waals surface area contributed by atoms with Crippen LogP contribution < -0.4 is 4.72 Å². The van der Waals surface area contributed by atoms with Crippen LogP contribution in [0.4, 0.5) is 5.69 Å². The average molecular weight is 328 g/mol. The van der Waals surface area contributed by atoms with E-state index >= 15 is 0 Å². The zero-order valence-corrected chi connectivity index (χ0v) is 13.0. The monoisotopic (exact) mass is 327 g/mol. The van der Waals surface area contributed by atoms with Gasteiger partial charge in [0.25, 0.3) is 10.0 Å². The van der Waals surface area contributed by atoms with E-state index < -0.39 is 10.0 Å². The summed E-state index contributed by atoms with van der Waals surface area (Å²) in [6, 6.07) is 6.77. The maximum atomic E-state index is 12.3. The molecule has 0 atom stereocenters. The first-order valence-electron chi connectivity index (χ1n) is 5.50. The zero-order valence-electron chi connectivity index (χ0n) is 10.6. The number of benzene rings is 1. The van der Waals surface area contributed by atoms with Gasteiger partial charge in [0.2, 0.25) is 0 Å². The van der Waals surface area contributed by atoms with Crippen LogP contribution in [0.1, 0.15) is 16.8 Å². The van der Waals surface area contributed by atoms with Crippen LogP contribution in [-0.2, 0) is 10.0 Å². The largest absolute Gasteiger partial charge is 0.279 e. The van der Waals surface area contributed by atoms with E-state index in [1.807, 2.05) is 6.07 Å². The van der Waals surface area contributed by atoms with Crippen molar-refractivity contribution < 1.29 is 8.42 Å². The molecule has 0 aliphatic carbocycles. The summed E-state index contributed by atoms with van der Waals surface area (Å²) in [5.41, 5.74) is 1.82. The molecule has 1 heterocycles. The lowest BCUT2D eigenvalue weighted by Crippen LogP contribution is -2.13. The molecule has 0 unspecified atom stereocenters. The number of anilines is 1. The SMILES string of the molecule is Cc1ccc(C#N)cc1NS(=O)(=O)c1sc(Cl)nc1C. The smallest absolute Gasteiger partial charge is 0.273 e. The molecule has 1 N–H and O–H groups in total. The molecule has 2 aromatic rings. The fourth-order valence-electron chi connectivity index (χ4n) is 1.59. The number of aryl methyl sites for hydroxylation is 2. The van der Waals surface area contributed by atoms with Gasteiger partial charge >= 0.3 is 0 Å². The van der Waals surface area contributed by atoms with E-state index in [4.69, 9.17) is 16.9 Å². The minimum Gasteiger partial charge on any atom is -0.279 e. The van der Waals surface area contributed by atoms with E-state index in [1.165, 1.54) is 6.07 Å². The van der Waals surface area contributed by atoms with Crippen LogP contribution in [0.3, 0.4) is 0 Å². The van der Waals surface area contributed by atoms with Crippen molar-refractivity contribution in [2.45, 2.75) is 18.1 Å². The molecule has 0 saturated heterocycles. The summed E-state index contributed by atoms with van der Waals surface area (Å²) in [6.45, 7) is 3.33. The van der Waals surface area contributed by atoms with E-state index in [1.54, 1.807) is 26.0 Å². The quantitative estimate of drug-likeness (QED) is 0.939. The maximum Gasteiger partial charge on any atom is 0.273 e. The van der Waals surface area contributed by atoms with Crippen LogP contribution >= 0.6 is 22.9 Å². The van der Waals surface area contributed by atoms with E-state index in [0.717, 1.165) is 16.9 Å². The normalized spacial score (nSPS) is 11.1. The molecular weight excluding hydrogens is 318 g/mol. The van der Waals surface area contributed by atoms with Crippen molar-refractivity contribution in [3.05, 3.63) is 39.5 Å². The molecule has 0 spiro atoms. The molecule has 20 heavy (non-hydrogen) atoms. The van der Waals surface area contributed by atoms with E-state index in [0.29, 0.717) is 16.9 Å². The molecular formula is C12H10ClN3O2S2. The van der Waals surface area contributed by atoms with Crippen molar-refractivity contribution >= 4 is 38.6 Å². The lowest BCUT2D eigenvalue weighted by molar-refractivity contribution is 0.602. The molecule has 0 aliphatic heterocycles. The van der Waals surface area contributed by atoms with Crippen LogP contribution in [0.5, 0.6) is 0 Å². The molecule has 0 bridgehead atoms. The molecule has 0 radical (unpaired) electrons. The zero-order chi connectivity index (χ0) is 14.9. The van der Waals surface area contributed by atoms with Crippen molar-refractivity contribution in [2.75, 3.05) is 4.72 Å². The third kappa shape index (κ3) is 2.93. The van der Waals surface area contributed by atoms with Crippen molar-refractivity contribution in [3.63, 3.8) is 0 Å². The summed E-state index contributed by atoms with van der Waals surface area (Å²) in [6.07, 6.45) is 0. The third-order valence-corrected chi connectivity index (χ3v) is 5.82. The molecule has 1 aromatic heterocycles. The second-order valence-corrected chi connectivity index (χ2v) is 7.55. The number of hydrogen-bond donors (Lipinski definition) is 1. The molecule has 1 aromatic carbocycles. The highest BCUT2D eigenvalue weighted by atomic mass is 35.5. The van der Waals surface area contributed by atoms with E-state index in [2.05, 4.69) is 9.71 Å². The second kappa shape index (κ2) is 5.40. The first-order valence-corrected chi connectivity index (χ1v) is 8.18. The predicted molar refractivity (Wildman–Crippen MR) is 78.6 cm³/mol. The lowest BCUT2D eigenvalue weighted by Gasteiger charge is -2.09. The Morgan fingerprint density at radius 2 is 2.10 bits per heavy atom. The number of hydrogen-bond acceptors (Lipinski definition) is 5. The number of halogens is 1. The van der Waals surface area contributed by atoms with Crippen LogP contribution in [0.25, 0.3) is 0 Å². The van der Waals surface area contributed by atoms with E-state index in [9.17, 15) is 8.42 Å². The predicted octanol–water partition coefficient (Wildman–Crippen LogP) is 3.09. The molecule has 2 rings (SSSR count). The van der Waals surface area contributed by atoms with Gasteiger partial charge in [-0.25, -0.2) is 13.4 Å². The number of rotatable bonds is 3. The van der Waals surface area contributed by atoms with Crippen molar-refractivity contribution in [3.8, 4) is 6.07 Å². The molecule has 5 nitrogen and oxygen atoms in total. The van der Waals surface area contributed by atoms with Crippen molar-refractivity contribution in [2.24, 2.45) is 0 Å². The van der Waals surface area contributed by atoms with Gasteiger partial charge in [0.1, 0.15) is 0 Å². The number of thiazole rings is 1. The summed E-state index contributed by atoms with van der Waals surface area (Å²) in [4.78, 5) is 3.89. The standard InChI is InChI=1S/C12H10ClN3O2S2/c1-7-3-4-9(6-14)5-10(7)16-20(17,18)11-8(2)15-12(13)19-11/h3-5,16H,1-2H3. The fraction of sp³-hybridized carbons (Fsp3) is 0.167. The Labute approximate surface area is 125 Å². The first-order chi connectivity index (χ1) is 9.33. The van der Waals surface area contributed by atoms with E-state index in [-0.39, 0.29) is 8.68 Å². The van der Waals surface area contributed by atoms with Gasteiger partial charge in [-0.15, -0.1) is 0 Å². The first kappa shape index (κ1) is 14.8. The van der Waals surface area contributed by atoms with Gasteiger partial charge in [0.05, 0.1) is 23.0 Å². The van der Waals surface area contributed by atoms with Gasteiger partial charge in [0, 0.05) is 0 Å². The molecule has 8 heteroatoms. The summed E-state index contributed by atoms with van der Waals surface area (Å²) in [5, 5.41) is 8.86. The van der Waals surface area contributed by atoms with Gasteiger partial charge in [-0.05, 0) is 31.5 Å². The van der Waals surface area contributed by atoms with Gasteiger partial charge < -0.3 is 0 Å². The summed E-state index contributed by atoms with van der Waals surface area (Å²) in [5.74, 6) is 0. The Bertz CT molecular complexity index is 807. The van der Waals surface area contributed by atoms with Crippen LogP contribution in [0, 0.1) is 25.2 Å². The molecule has 0 amide bonds. The van der Waals surface area contributed by atoms with Gasteiger partial charge in [-0.2, -0.15) is 5.26 Å². The Balaban J connectivity index is 2.44. The lowest BCUT2D eigenvalue weighted by atomic mass is 10.1. The highest BCUT2D eigenvalue weighted by molar-refractivity contribution is 7.94. The molecule has 0 saturated carbocycles. The summed E-state index contributed by atoms with van der Waals surface area (Å²) in [7, 11) is -3.76. The summed E-state index contributed by atoms with van der Waals surface area (Å²) < 4.78 is 27.3. The molecule has 0 fully saturated rings. The Kier molecular flexibility index (Phi) is 3.99. The minimum atomic E-state index is -3.76. The Morgan fingerprint density at radius 1 is 1.40 bits per heavy atom. The number of nitrogens with one attached hydrogen (secondary N) is 1. The Morgan fingerprint density at radius 3 is 2.65 bits per heavy atom. The summed E-state index contributed by atoms with van der Waals surface area (Å²) >= 11 is 6.62.